The highest BCUT2D eigenvalue weighted by Gasteiger charge is 2.08. The van der Waals surface area contributed by atoms with Crippen LogP contribution < -0.4 is 10.5 Å². The predicted molar refractivity (Wildman–Crippen MR) is 53.6 cm³/mol. The minimum absolute atomic E-state index is 0.129. The van der Waals surface area contributed by atoms with Crippen molar-refractivity contribution in [3.63, 3.8) is 0 Å². The van der Waals surface area contributed by atoms with Crippen LogP contribution >= 0.6 is 11.6 Å². The Balaban J connectivity index is 2.75. The average Bonchev–Trinajstić information content (AvgIpc) is 2.13. The maximum atomic E-state index is 5.68. The van der Waals surface area contributed by atoms with Gasteiger partial charge < -0.3 is 15.2 Å². The zero-order valence-corrected chi connectivity index (χ0v) is 8.84. The molecule has 0 aromatic carbocycles. The summed E-state index contributed by atoms with van der Waals surface area (Å²) in [7, 11) is 1.59. The van der Waals surface area contributed by atoms with E-state index in [1.54, 1.807) is 14.0 Å². The van der Waals surface area contributed by atoms with E-state index in [1.807, 2.05) is 0 Å². The topological polar surface area (TPSA) is 70.3 Å². The van der Waals surface area contributed by atoms with Gasteiger partial charge in [-0.15, -0.1) is 0 Å². The monoisotopic (exact) mass is 217 g/mol. The van der Waals surface area contributed by atoms with Gasteiger partial charge >= 0.3 is 0 Å². The maximum absolute atomic E-state index is 5.68. The zero-order valence-electron chi connectivity index (χ0n) is 8.08. The summed E-state index contributed by atoms with van der Waals surface area (Å²) in [6, 6.07) is 0. The number of nitrogens with zero attached hydrogens (tertiary/aromatic N) is 2. The lowest BCUT2D eigenvalue weighted by molar-refractivity contribution is 0.144. The van der Waals surface area contributed by atoms with E-state index in [0.717, 1.165) is 0 Å². The fourth-order valence-electron chi connectivity index (χ4n) is 0.854. The van der Waals surface area contributed by atoms with E-state index in [9.17, 15) is 0 Å². The second-order valence-electron chi connectivity index (χ2n) is 2.64. The van der Waals surface area contributed by atoms with Gasteiger partial charge in [-0.25, -0.2) is 4.98 Å². The number of aryl methyl sites for hydroxylation is 1. The van der Waals surface area contributed by atoms with Gasteiger partial charge in [-0.3, -0.25) is 0 Å². The summed E-state index contributed by atoms with van der Waals surface area (Å²) in [6.45, 7) is 2.60. The molecule has 0 unspecified atom stereocenters. The first-order valence-electron chi connectivity index (χ1n) is 4.06. The molecule has 0 amide bonds. The Morgan fingerprint density at radius 2 is 2.07 bits per heavy atom. The van der Waals surface area contributed by atoms with Gasteiger partial charge in [0, 0.05) is 7.11 Å². The molecule has 1 aromatic heterocycles. The highest BCUT2D eigenvalue weighted by Crippen LogP contribution is 2.22. The van der Waals surface area contributed by atoms with Crippen molar-refractivity contribution in [3.8, 4) is 5.88 Å². The molecule has 1 heterocycles. The van der Waals surface area contributed by atoms with Crippen molar-refractivity contribution in [2.75, 3.05) is 26.1 Å². The van der Waals surface area contributed by atoms with Gasteiger partial charge in [-0.2, -0.15) is 4.98 Å². The van der Waals surface area contributed by atoms with Crippen molar-refractivity contribution in [2.24, 2.45) is 0 Å². The Labute approximate surface area is 87.2 Å². The smallest absolute Gasteiger partial charge is 0.241 e. The van der Waals surface area contributed by atoms with Crippen molar-refractivity contribution in [2.45, 2.75) is 6.92 Å². The minimum Gasteiger partial charge on any atom is -0.474 e. The molecule has 0 saturated heterocycles. The molecule has 0 bridgehead atoms. The summed E-state index contributed by atoms with van der Waals surface area (Å²) >= 11 is 5.65. The number of halogens is 1. The molecule has 0 saturated carbocycles. The van der Waals surface area contributed by atoms with Crippen molar-refractivity contribution in [1.29, 1.82) is 0 Å². The van der Waals surface area contributed by atoms with Crippen LogP contribution in [0, 0.1) is 6.92 Å². The molecule has 6 heteroatoms. The van der Waals surface area contributed by atoms with Crippen LogP contribution in [0.25, 0.3) is 0 Å². The molecular weight excluding hydrogens is 206 g/mol. The summed E-state index contributed by atoms with van der Waals surface area (Å²) in [4.78, 5) is 7.74. The quantitative estimate of drug-likeness (QED) is 0.603. The molecule has 2 N–H and O–H groups in total. The number of hydrogen-bond donors (Lipinski definition) is 1. The second kappa shape index (κ2) is 4.97. The van der Waals surface area contributed by atoms with E-state index in [1.165, 1.54) is 0 Å². The van der Waals surface area contributed by atoms with Crippen molar-refractivity contribution in [1.82, 2.24) is 9.97 Å². The van der Waals surface area contributed by atoms with Gasteiger partial charge in [0.05, 0.1) is 12.3 Å². The zero-order chi connectivity index (χ0) is 10.6. The van der Waals surface area contributed by atoms with Gasteiger partial charge in [-0.05, 0) is 18.5 Å². The summed E-state index contributed by atoms with van der Waals surface area (Å²) in [6.07, 6.45) is 0. The van der Waals surface area contributed by atoms with E-state index in [0.29, 0.717) is 30.5 Å². The number of anilines is 1. The van der Waals surface area contributed by atoms with Crippen molar-refractivity contribution < 1.29 is 9.47 Å². The Morgan fingerprint density at radius 3 is 2.71 bits per heavy atom. The SMILES string of the molecule is COCCOc1nc(Cl)nc(C)c1N. The van der Waals surface area contributed by atoms with Crippen LogP contribution in [0.2, 0.25) is 5.28 Å². The van der Waals surface area contributed by atoms with Gasteiger partial charge in [-0.1, -0.05) is 0 Å². The summed E-state index contributed by atoms with van der Waals surface area (Å²) in [5, 5.41) is 0.129. The molecule has 0 spiro atoms. The molecule has 14 heavy (non-hydrogen) atoms. The number of ether oxygens (including phenoxy) is 2. The van der Waals surface area contributed by atoms with Crippen LogP contribution in [-0.4, -0.2) is 30.3 Å². The third kappa shape index (κ3) is 2.71. The number of methoxy groups -OCH3 is 1. The standard InChI is InChI=1S/C8H12ClN3O2/c1-5-6(10)7(12-8(9)11-5)14-4-3-13-2/h3-4,10H2,1-2H3. The van der Waals surface area contributed by atoms with Crippen molar-refractivity contribution >= 4 is 17.3 Å². The minimum atomic E-state index is 0.129. The lowest BCUT2D eigenvalue weighted by atomic mass is 10.4. The Morgan fingerprint density at radius 1 is 1.36 bits per heavy atom. The van der Waals surface area contributed by atoms with Crippen LogP contribution in [-0.2, 0) is 4.74 Å². The molecule has 78 valence electrons. The Kier molecular flexibility index (Phi) is 3.91. The fraction of sp³-hybridized carbons (Fsp3) is 0.500. The number of aromatic nitrogens is 2. The average molecular weight is 218 g/mol. The van der Waals surface area contributed by atoms with Gasteiger partial charge in [0.2, 0.25) is 11.2 Å². The fourth-order valence-corrected chi connectivity index (χ4v) is 1.06. The van der Waals surface area contributed by atoms with E-state index < -0.39 is 0 Å². The molecule has 0 aliphatic heterocycles. The van der Waals surface area contributed by atoms with Crippen LogP contribution in [0.15, 0.2) is 0 Å². The number of nitrogens with two attached hydrogens (primary N) is 1. The predicted octanol–water partition coefficient (Wildman–Crippen LogP) is 1.05. The molecule has 5 nitrogen and oxygen atoms in total. The first-order valence-corrected chi connectivity index (χ1v) is 4.44. The Bertz CT molecular complexity index is 320. The molecule has 0 fully saturated rings. The molecular formula is C8H12ClN3O2. The van der Waals surface area contributed by atoms with Crippen LogP contribution in [0.5, 0.6) is 5.88 Å². The first-order chi connectivity index (χ1) is 6.65. The lowest BCUT2D eigenvalue weighted by Gasteiger charge is -2.08. The van der Waals surface area contributed by atoms with Crippen LogP contribution in [0.4, 0.5) is 5.69 Å². The lowest BCUT2D eigenvalue weighted by Crippen LogP contribution is -2.09. The highest BCUT2D eigenvalue weighted by atomic mass is 35.5. The summed E-state index contributed by atoms with van der Waals surface area (Å²) in [5.74, 6) is 0.305. The first kappa shape index (κ1) is 11.0. The number of nitrogen functional groups attached to an aromatic ring is 1. The highest BCUT2D eigenvalue weighted by molar-refractivity contribution is 6.28. The van der Waals surface area contributed by atoms with E-state index in [2.05, 4.69) is 9.97 Å². The summed E-state index contributed by atoms with van der Waals surface area (Å²) < 4.78 is 10.1. The molecule has 1 rings (SSSR count). The van der Waals surface area contributed by atoms with E-state index in [4.69, 9.17) is 26.8 Å². The molecule has 0 atom stereocenters. The number of hydrogen-bond acceptors (Lipinski definition) is 5. The normalized spacial score (nSPS) is 10.2. The van der Waals surface area contributed by atoms with Gasteiger partial charge in [0.15, 0.2) is 0 Å². The third-order valence-electron chi connectivity index (χ3n) is 1.60. The van der Waals surface area contributed by atoms with Crippen LogP contribution in [0.3, 0.4) is 0 Å². The maximum Gasteiger partial charge on any atom is 0.241 e. The molecule has 0 aliphatic rings. The van der Waals surface area contributed by atoms with E-state index >= 15 is 0 Å². The molecule has 0 radical (unpaired) electrons. The second-order valence-corrected chi connectivity index (χ2v) is 2.98. The molecule has 0 aliphatic carbocycles. The van der Waals surface area contributed by atoms with Gasteiger partial charge in [0.25, 0.3) is 0 Å². The van der Waals surface area contributed by atoms with Gasteiger partial charge in [0.1, 0.15) is 12.3 Å². The van der Waals surface area contributed by atoms with Crippen molar-refractivity contribution in [3.05, 3.63) is 11.0 Å². The third-order valence-corrected chi connectivity index (χ3v) is 1.77. The van der Waals surface area contributed by atoms with E-state index in [-0.39, 0.29) is 5.28 Å². The largest absolute Gasteiger partial charge is 0.474 e. The number of rotatable bonds is 4. The summed E-state index contributed by atoms with van der Waals surface area (Å²) in [5.41, 5.74) is 6.70. The Hall–Kier alpha value is -1.07. The molecule has 1 aromatic rings. The van der Waals surface area contributed by atoms with Crippen LogP contribution in [0.1, 0.15) is 5.69 Å².